The van der Waals surface area contributed by atoms with Crippen molar-refractivity contribution in [2.75, 3.05) is 13.6 Å². The van der Waals surface area contributed by atoms with E-state index in [9.17, 15) is 4.79 Å². The Bertz CT molecular complexity index is 432. The van der Waals surface area contributed by atoms with Crippen molar-refractivity contribution in [2.45, 2.75) is 51.6 Å². The molecule has 0 bridgehead atoms. The molecule has 22 heavy (non-hydrogen) atoms. The molecule has 0 radical (unpaired) electrons. The van der Waals surface area contributed by atoms with Gasteiger partial charge in [-0.15, -0.1) is 12.4 Å². The summed E-state index contributed by atoms with van der Waals surface area (Å²) in [5, 5.41) is 3.12. The third kappa shape index (κ3) is 5.29. The van der Waals surface area contributed by atoms with Crippen LogP contribution in [0.4, 0.5) is 0 Å². The Hall–Kier alpha value is -1.06. The van der Waals surface area contributed by atoms with Gasteiger partial charge >= 0.3 is 0 Å². The van der Waals surface area contributed by atoms with Gasteiger partial charge in [-0.3, -0.25) is 4.79 Å². The topological polar surface area (TPSA) is 32.3 Å². The molecule has 1 N–H and O–H groups in total. The zero-order valence-electron chi connectivity index (χ0n) is 13.8. The van der Waals surface area contributed by atoms with Crippen molar-refractivity contribution >= 4 is 18.3 Å². The Morgan fingerprint density at radius 2 is 1.86 bits per heavy atom. The van der Waals surface area contributed by atoms with E-state index in [0.29, 0.717) is 11.9 Å². The highest BCUT2D eigenvalue weighted by atomic mass is 35.5. The van der Waals surface area contributed by atoms with E-state index in [-0.39, 0.29) is 18.3 Å². The summed E-state index contributed by atoms with van der Waals surface area (Å²) in [4.78, 5) is 15.0. The quantitative estimate of drug-likeness (QED) is 0.866. The number of nitrogens with one attached hydrogen (secondary N) is 1. The van der Waals surface area contributed by atoms with Crippen molar-refractivity contribution in [1.29, 1.82) is 0 Å². The van der Waals surface area contributed by atoms with Gasteiger partial charge in [-0.2, -0.15) is 0 Å². The van der Waals surface area contributed by atoms with Crippen molar-refractivity contribution in [3.05, 3.63) is 35.9 Å². The first-order chi connectivity index (χ1) is 10.2. The molecule has 1 saturated carbocycles. The van der Waals surface area contributed by atoms with E-state index >= 15 is 0 Å². The van der Waals surface area contributed by atoms with E-state index in [1.165, 1.54) is 24.8 Å². The highest BCUT2D eigenvalue weighted by Gasteiger charge is 2.28. The first-order valence-electron chi connectivity index (χ1n) is 8.21. The lowest BCUT2D eigenvalue weighted by Crippen LogP contribution is -2.45. The molecule has 0 aromatic heterocycles. The van der Waals surface area contributed by atoms with Gasteiger partial charge in [-0.1, -0.05) is 56.5 Å². The summed E-state index contributed by atoms with van der Waals surface area (Å²) >= 11 is 0. The fourth-order valence-corrected chi connectivity index (χ4v) is 3.24. The van der Waals surface area contributed by atoms with E-state index in [4.69, 9.17) is 0 Å². The molecule has 2 rings (SSSR count). The lowest BCUT2D eigenvalue weighted by Gasteiger charge is -2.36. The van der Waals surface area contributed by atoms with Gasteiger partial charge in [0, 0.05) is 25.0 Å². The Kier molecular flexibility index (Phi) is 8.51. The molecule has 1 unspecified atom stereocenters. The molecule has 1 aliphatic carbocycles. The van der Waals surface area contributed by atoms with Crippen molar-refractivity contribution < 1.29 is 4.79 Å². The maximum Gasteiger partial charge on any atom is 0.227 e. The molecule has 1 atom stereocenters. The number of rotatable bonds is 6. The minimum Gasteiger partial charge on any atom is -0.335 e. The molecule has 1 fully saturated rings. The van der Waals surface area contributed by atoms with Crippen LogP contribution < -0.4 is 5.32 Å². The van der Waals surface area contributed by atoms with Gasteiger partial charge in [0.15, 0.2) is 0 Å². The number of halogens is 1. The lowest BCUT2D eigenvalue weighted by molar-refractivity contribution is -0.138. The largest absolute Gasteiger partial charge is 0.335 e. The molecule has 1 aliphatic rings. The van der Waals surface area contributed by atoms with E-state index in [1.807, 2.05) is 20.0 Å². The minimum atomic E-state index is 0. The average molecular weight is 325 g/mol. The third-order valence-electron chi connectivity index (χ3n) is 4.43. The minimum absolute atomic E-state index is 0. The van der Waals surface area contributed by atoms with Crippen molar-refractivity contribution in [3.8, 4) is 0 Å². The van der Waals surface area contributed by atoms with Gasteiger partial charge in [-0.05, 0) is 25.5 Å². The van der Waals surface area contributed by atoms with Crippen molar-refractivity contribution in [3.63, 3.8) is 0 Å². The predicted molar refractivity (Wildman–Crippen MR) is 94.2 cm³/mol. The maximum atomic E-state index is 12.8. The van der Waals surface area contributed by atoms with Gasteiger partial charge in [-0.25, -0.2) is 0 Å². The smallest absolute Gasteiger partial charge is 0.227 e. The number of hydrogen-bond donors (Lipinski definition) is 1. The first-order valence-corrected chi connectivity index (χ1v) is 8.21. The average Bonchev–Trinajstić information content (AvgIpc) is 2.54. The van der Waals surface area contributed by atoms with Crippen LogP contribution >= 0.6 is 12.4 Å². The van der Waals surface area contributed by atoms with E-state index in [0.717, 1.165) is 25.9 Å². The van der Waals surface area contributed by atoms with Gasteiger partial charge in [0.25, 0.3) is 0 Å². The molecule has 1 amide bonds. The zero-order valence-corrected chi connectivity index (χ0v) is 14.6. The van der Waals surface area contributed by atoms with Crippen LogP contribution in [-0.4, -0.2) is 30.4 Å². The van der Waals surface area contributed by atoms with Crippen LogP contribution in [0.25, 0.3) is 0 Å². The fourth-order valence-electron chi connectivity index (χ4n) is 3.24. The Morgan fingerprint density at radius 3 is 2.45 bits per heavy atom. The number of benzene rings is 1. The summed E-state index contributed by atoms with van der Waals surface area (Å²) in [7, 11) is 1.91. The van der Waals surface area contributed by atoms with Crippen LogP contribution in [0.2, 0.25) is 0 Å². The van der Waals surface area contributed by atoms with Crippen molar-refractivity contribution in [2.24, 2.45) is 5.92 Å². The van der Waals surface area contributed by atoms with Crippen LogP contribution in [0.15, 0.2) is 30.3 Å². The molecule has 1 aromatic rings. The second-order valence-electron chi connectivity index (χ2n) is 6.20. The van der Waals surface area contributed by atoms with Crippen LogP contribution in [-0.2, 0) is 11.3 Å². The van der Waals surface area contributed by atoms with E-state index in [1.54, 1.807) is 0 Å². The SMILES string of the molecule is CNCC(C)C(=O)N(Cc1ccccc1)C1CCCCC1.Cl. The number of amides is 1. The van der Waals surface area contributed by atoms with Crippen molar-refractivity contribution in [1.82, 2.24) is 10.2 Å². The van der Waals surface area contributed by atoms with E-state index < -0.39 is 0 Å². The van der Waals surface area contributed by atoms with Crippen LogP contribution in [0.1, 0.15) is 44.6 Å². The highest BCUT2D eigenvalue weighted by molar-refractivity contribution is 5.85. The van der Waals surface area contributed by atoms with Gasteiger partial charge in [0.2, 0.25) is 5.91 Å². The predicted octanol–water partition coefficient (Wildman–Crippen LogP) is 3.63. The second kappa shape index (κ2) is 9.86. The third-order valence-corrected chi connectivity index (χ3v) is 4.43. The highest BCUT2D eigenvalue weighted by Crippen LogP contribution is 2.25. The molecule has 3 nitrogen and oxygen atoms in total. The van der Waals surface area contributed by atoms with E-state index in [2.05, 4.69) is 34.5 Å². The molecule has 4 heteroatoms. The summed E-state index contributed by atoms with van der Waals surface area (Å²) in [5.41, 5.74) is 1.23. The summed E-state index contributed by atoms with van der Waals surface area (Å²) < 4.78 is 0. The molecular weight excluding hydrogens is 296 g/mol. The molecule has 0 spiro atoms. The van der Waals surface area contributed by atoms with Gasteiger partial charge in [0.1, 0.15) is 0 Å². The monoisotopic (exact) mass is 324 g/mol. The van der Waals surface area contributed by atoms with Gasteiger partial charge in [0.05, 0.1) is 0 Å². The molecule has 0 heterocycles. The summed E-state index contributed by atoms with van der Waals surface area (Å²) in [6.45, 7) is 3.52. The Morgan fingerprint density at radius 1 is 1.23 bits per heavy atom. The van der Waals surface area contributed by atoms with Crippen LogP contribution in [0.5, 0.6) is 0 Å². The summed E-state index contributed by atoms with van der Waals surface area (Å²) in [5.74, 6) is 0.334. The standard InChI is InChI=1S/C18H28N2O.ClH/c1-15(13-19-2)18(21)20(17-11-7-4-8-12-17)14-16-9-5-3-6-10-16;/h3,5-6,9-10,15,17,19H,4,7-8,11-14H2,1-2H3;1H. The number of nitrogens with zero attached hydrogens (tertiary/aromatic N) is 1. The Labute approximate surface area is 140 Å². The Balaban J connectivity index is 0.00000242. The maximum absolute atomic E-state index is 12.8. The number of hydrogen-bond acceptors (Lipinski definition) is 2. The number of carbonyl (C=O) groups is 1. The van der Waals surface area contributed by atoms with Crippen LogP contribution in [0.3, 0.4) is 0 Å². The zero-order chi connectivity index (χ0) is 15.1. The lowest BCUT2D eigenvalue weighted by atomic mass is 9.93. The second-order valence-corrected chi connectivity index (χ2v) is 6.20. The molecule has 1 aromatic carbocycles. The normalized spacial score (nSPS) is 16.6. The van der Waals surface area contributed by atoms with Crippen LogP contribution in [0, 0.1) is 5.92 Å². The van der Waals surface area contributed by atoms with Gasteiger partial charge < -0.3 is 10.2 Å². The summed E-state index contributed by atoms with van der Waals surface area (Å²) in [6, 6.07) is 10.8. The molecule has 124 valence electrons. The summed E-state index contributed by atoms with van der Waals surface area (Å²) in [6.07, 6.45) is 6.14. The fraction of sp³-hybridized carbons (Fsp3) is 0.611. The first kappa shape index (κ1) is 19.0. The molecule has 0 saturated heterocycles. The molecule has 0 aliphatic heterocycles. The molecular formula is C18H29ClN2O. The number of carbonyl (C=O) groups excluding carboxylic acids is 1.